The van der Waals surface area contributed by atoms with Gasteiger partial charge in [0.15, 0.2) is 0 Å². The Morgan fingerprint density at radius 1 is 1.25 bits per heavy atom. The lowest BCUT2D eigenvalue weighted by Crippen LogP contribution is -2.72. The Morgan fingerprint density at radius 3 is 2.69 bits per heavy atom. The van der Waals surface area contributed by atoms with Crippen LogP contribution < -0.4 is 15.2 Å². The summed E-state index contributed by atoms with van der Waals surface area (Å²) in [4.78, 5) is 17.7. The molecule has 0 atom stereocenters. The Balaban J connectivity index is 1.26. The Hall–Kier alpha value is -2.45. The van der Waals surface area contributed by atoms with Crippen LogP contribution in [-0.2, 0) is 17.7 Å². The number of hydrogen-bond acceptors (Lipinski definition) is 7. The first-order valence-electron chi connectivity index (χ1n) is 11.1. The van der Waals surface area contributed by atoms with Crippen LogP contribution in [0.1, 0.15) is 31.2 Å². The first-order valence-corrected chi connectivity index (χ1v) is 12.0. The third kappa shape index (κ3) is 3.69. The monoisotopic (exact) mass is 457 g/mol. The number of fused-ring (bicyclic) bond motifs is 3. The van der Waals surface area contributed by atoms with Crippen molar-refractivity contribution in [2.75, 3.05) is 45.6 Å². The maximum Gasteiger partial charge on any atom is 0.410 e. The zero-order valence-corrected chi connectivity index (χ0v) is 20.0. The van der Waals surface area contributed by atoms with Crippen molar-refractivity contribution in [1.29, 1.82) is 0 Å². The number of likely N-dealkylation sites (tertiary alicyclic amines) is 2. The van der Waals surface area contributed by atoms with Crippen LogP contribution in [0.3, 0.4) is 0 Å². The summed E-state index contributed by atoms with van der Waals surface area (Å²) < 4.78 is 17.4. The van der Waals surface area contributed by atoms with Gasteiger partial charge in [0.25, 0.3) is 0 Å². The average Bonchev–Trinajstić information content (AvgIpc) is 2.94. The molecule has 32 heavy (non-hydrogen) atoms. The number of nitrogens with two attached hydrogens (primary N) is 1. The Bertz CT molecular complexity index is 1040. The number of ether oxygens (including phenoxy) is 3. The maximum atomic E-state index is 12.2. The van der Waals surface area contributed by atoms with Crippen molar-refractivity contribution < 1.29 is 19.0 Å². The molecule has 0 aliphatic carbocycles. The molecule has 1 aromatic heterocycles. The number of thiophene rings is 1. The summed E-state index contributed by atoms with van der Waals surface area (Å²) in [6.45, 7) is 10.7. The second-order valence-corrected chi connectivity index (χ2v) is 11.2. The summed E-state index contributed by atoms with van der Waals surface area (Å²) in [5.74, 6) is 1.70. The Morgan fingerprint density at radius 2 is 2.00 bits per heavy atom. The maximum absolute atomic E-state index is 12.2. The van der Waals surface area contributed by atoms with E-state index in [-0.39, 0.29) is 11.5 Å². The number of rotatable bonds is 3. The molecular weight excluding hydrogens is 426 g/mol. The molecule has 4 heterocycles. The SMILES string of the molecule is COc1c(N)ccc2c1-c1csc(CN3CC4(C3)CN(C(=O)OC(C)(C)C)C4)c1OCC2. The van der Waals surface area contributed by atoms with E-state index in [1.54, 1.807) is 18.4 Å². The molecule has 1 spiro atoms. The summed E-state index contributed by atoms with van der Waals surface area (Å²) in [5.41, 5.74) is 9.96. The summed E-state index contributed by atoms with van der Waals surface area (Å²) >= 11 is 1.73. The van der Waals surface area contributed by atoms with E-state index in [2.05, 4.69) is 16.3 Å². The molecule has 8 heteroatoms. The highest BCUT2D eigenvalue weighted by Crippen LogP contribution is 2.49. The van der Waals surface area contributed by atoms with Gasteiger partial charge >= 0.3 is 6.09 Å². The molecule has 2 saturated heterocycles. The van der Waals surface area contributed by atoms with Crippen LogP contribution >= 0.6 is 11.3 Å². The van der Waals surface area contributed by atoms with Gasteiger partial charge in [0.05, 0.1) is 24.3 Å². The van der Waals surface area contributed by atoms with Crippen molar-refractivity contribution >= 4 is 23.1 Å². The molecule has 2 N–H and O–H groups in total. The summed E-state index contributed by atoms with van der Waals surface area (Å²) in [7, 11) is 1.67. The third-order valence-corrected chi connectivity index (χ3v) is 7.32. The van der Waals surface area contributed by atoms with Gasteiger partial charge in [0, 0.05) is 61.1 Å². The standard InChI is InChI=1S/C24H31N3O4S/c1-23(2,3)31-22(28)27-13-24(14-27)11-26(12-24)9-18-20-16(10-32-18)19-15(7-8-30-20)5-6-17(25)21(19)29-4/h5-6,10H,7-9,11-14,25H2,1-4H3. The van der Waals surface area contributed by atoms with Crippen molar-refractivity contribution in [2.24, 2.45) is 5.41 Å². The number of nitrogen functional groups attached to an aromatic ring is 1. The minimum Gasteiger partial charge on any atom is -0.494 e. The molecule has 0 unspecified atom stereocenters. The van der Waals surface area contributed by atoms with Gasteiger partial charge in [-0.25, -0.2) is 4.79 Å². The first kappa shape index (κ1) is 21.4. The van der Waals surface area contributed by atoms with E-state index in [1.165, 1.54) is 10.4 Å². The van der Waals surface area contributed by atoms with Gasteiger partial charge in [0.1, 0.15) is 17.1 Å². The van der Waals surface area contributed by atoms with E-state index in [9.17, 15) is 4.79 Å². The minimum absolute atomic E-state index is 0.203. The molecule has 172 valence electrons. The predicted octanol–water partition coefficient (Wildman–Crippen LogP) is 3.99. The van der Waals surface area contributed by atoms with Gasteiger partial charge in [-0.1, -0.05) is 6.07 Å². The summed E-state index contributed by atoms with van der Waals surface area (Å²) in [5, 5.41) is 2.17. The molecule has 5 rings (SSSR count). The number of anilines is 1. The van der Waals surface area contributed by atoms with Gasteiger partial charge < -0.3 is 24.8 Å². The molecule has 2 aromatic rings. The fourth-order valence-corrected chi connectivity index (χ4v) is 6.11. The second-order valence-electron chi connectivity index (χ2n) is 10.2. The van der Waals surface area contributed by atoms with Gasteiger partial charge in [-0.3, -0.25) is 4.90 Å². The van der Waals surface area contributed by atoms with Crippen LogP contribution in [0.4, 0.5) is 10.5 Å². The molecule has 0 bridgehead atoms. The summed E-state index contributed by atoms with van der Waals surface area (Å²) in [6.07, 6.45) is 0.628. The van der Waals surface area contributed by atoms with Crippen molar-refractivity contribution in [3.63, 3.8) is 0 Å². The van der Waals surface area contributed by atoms with E-state index in [0.29, 0.717) is 12.3 Å². The number of benzene rings is 1. The van der Waals surface area contributed by atoms with Crippen LogP contribution in [-0.4, -0.2) is 61.4 Å². The molecule has 3 aliphatic heterocycles. The highest BCUT2D eigenvalue weighted by molar-refractivity contribution is 7.10. The van der Waals surface area contributed by atoms with Crippen molar-refractivity contribution in [2.45, 2.75) is 39.3 Å². The predicted molar refractivity (Wildman–Crippen MR) is 125 cm³/mol. The van der Waals surface area contributed by atoms with Gasteiger partial charge in [0.2, 0.25) is 0 Å². The molecule has 0 saturated carbocycles. The minimum atomic E-state index is -0.450. The fourth-order valence-electron chi connectivity index (χ4n) is 5.09. The van der Waals surface area contributed by atoms with E-state index in [0.717, 1.165) is 61.8 Å². The Kier molecular flexibility index (Phi) is 5.05. The normalized spacial score (nSPS) is 19.2. The third-order valence-electron chi connectivity index (χ3n) is 6.37. The van der Waals surface area contributed by atoms with Gasteiger partial charge in [-0.2, -0.15) is 0 Å². The number of amides is 1. The van der Waals surface area contributed by atoms with Crippen LogP contribution in [0.15, 0.2) is 17.5 Å². The highest BCUT2D eigenvalue weighted by Gasteiger charge is 2.53. The van der Waals surface area contributed by atoms with E-state index < -0.39 is 5.60 Å². The van der Waals surface area contributed by atoms with Gasteiger partial charge in [-0.05, 0) is 32.4 Å². The topological polar surface area (TPSA) is 77.3 Å². The number of hydrogen-bond donors (Lipinski definition) is 1. The number of nitrogens with zero attached hydrogens (tertiary/aromatic N) is 2. The van der Waals surface area contributed by atoms with Crippen LogP contribution in [0.2, 0.25) is 0 Å². The fraction of sp³-hybridized carbons (Fsp3) is 0.542. The van der Waals surface area contributed by atoms with Crippen molar-refractivity contribution in [3.8, 4) is 22.6 Å². The molecule has 3 aliphatic rings. The number of carbonyl (C=O) groups excluding carboxylic acids is 1. The first-order chi connectivity index (χ1) is 15.2. The highest BCUT2D eigenvalue weighted by atomic mass is 32.1. The molecular formula is C24H31N3O4S. The molecule has 7 nitrogen and oxygen atoms in total. The molecule has 0 radical (unpaired) electrons. The summed E-state index contributed by atoms with van der Waals surface area (Å²) in [6, 6.07) is 3.99. The average molecular weight is 458 g/mol. The van der Waals surface area contributed by atoms with E-state index >= 15 is 0 Å². The van der Waals surface area contributed by atoms with Crippen molar-refractivity contribution in [3.05, 3.63) is 28.0 Å². The van der Waals surface area contributed by atoms with E-state index in [4.69, 9.17) is 19.9 Å². The van der Waals surface area contributed by atoms with Crippen molar-refractivity contribution in [1.82, 2.24) is 9.80 Å². The lowest BCUT2D eigenvalue weighted by atomic mass is 9.73. The molecule has 2 fully saturated rings. The lowest BCUT2D eigenvalue weighted by molar-refractivity contribution is -0.115. The van der Waals surface area contributed by atoms with Crippen LogP contribution in [0, 0.1) is 5.41 Å². The number of methoxy groups -OCH3 is 1. The quantitative estimate of drug-likeness (QED) is 0.703. The second kappa shape index (κ2) is 7.56. The lowest BCUT2D eigenvalue weighted by Gasteiger charge is -2.59. The number of carbonyl (C=O) groups is 1. The van der Waals surface area contributed by atoms with Crippen LogP contribution in [0.5, 0.6) is 11.5 Å². The zero-order chi connectivity index (χ0) is 22.7. The smallest absolute Gasteiger partial charge is 0.410 e. The van der Waals surface area contributed by atoms with Gasteiger partial charge in [-0.15, -0.1) is 11.3 Å². The van der Waals surface area contributed by atoms with E-state index in [1.807, 2.05) is 31.7 Å². The molecule has 1 aromatic carbocycles. The zero-order valence-electron chi connectivity index (χ0n) is 19.2. The van der Waals surface area contributed by atoms with Crippen LogP contribution in [0.25, 0.3) is 11.1 Å². The largest absolute Gasteiger partial charge is 0.494 e. The molecule has 1 amide bonds. The Labute approximate surface area is 193 Å².